The molecule has 1 atom stereocenters. The molecule has 0 saturated heterocycles. The van der Waals surface area contributed by atoms with E-state index in [-0.39, 0.29) is 11.9 Å². The van der Waals surface area contributed by atoms with Crippen LogP contribution in [0.15, 0.2) is 61.1 Å². The number of aromatic nitrogens is 3. The number of carbonyl (C=O) groups is 1. The molecule has 0 aliphatic heterocycles. The van der Waals surface area contributed by atoms with E-state index < -0.39 is 0 Å². The Kier molecular flexibility index (Phi) is 3.90. The van der Waals surface area contributed by atoms with Crippen molar-refractivity contribution < 1.29 is 4.79 Å². The van der Waals surface area contributed by atoms with Crippen molar-refractivity contribution >= 4 is 27.7 Å². The Balaban J connectivity index is 1.59. The highest BCUT2D eigenvalue weighted by Crippen LogP contribution is 2.27. The largest absolute Gasteiger partial charge is 0.354 e. The van der Waals surface area contributed by atoms with E-state index in [1.165, 1.54) is 5.39 Å². The van der Waals surface area contributed by atoms with Gasteiger partial charge >= 0.3 is 0 Å². The van der Waals surface area contributed by atoms with Gasteiger partial charge in [0.15, 0.2) is 0 Å². The Hall–Kier alpha value is -3.21. The first-order valence-electron chi connectivity index (χ1n) is 8.26. The predicted octanol–water partition coefficient (Wildman–Crippen LogP) is 3.53. The zero-order chi connectivity index (χ0) is 17.2. The highest BCUT2D eigenvalue weighted by molar-refractivity contribution is 6.08. The number of para-hydroxylation sites is 2. The van der Waals surface area contributed by atoms with Crippen LogP contribution in [0, 0.1) is 0 Å². The summed E-state index contributed by atoms with van der Waals surface area (Å²) >= 11 is 0. The van der Waals surface area contributed by atoms with E-state index in [1.54, 1.807) is 18.6 Å². The SMILES string of the molecule is CC(NC(=O)Cc1cccc2c1[nH]c1ccccc12)c1cnccn1. The number of fused-ring (bicyclic) bond motifs is 3. The summed E-state index contributed by atoms with van der Waals surface area (Å²) in [6.45, 7) is 1.91. The Labute approximate surface area is 145 Å². The highest BCUT2D eigenvalue weighted by Gasteiger charge is 2.14. The standard InChI is InChI=1S/C20H18N4O/c1-13(18-12-21-9-10-22-18)23-19(25)11-14-5-4-7-16-15-6-2-3-8-17(15)24-20(14)16/h2-10,12-13,24H,11H2,1H3,(H,23,25). The number of hydrogen-bond donors (Lipinski definition) is 2. The van der Waals surface area contributed by atoms with Gasteiger partial charge in [-0.2, -0.15) is 0 Å². The average molecular weight is 330 g/mol. The molecule has 1 amide bonds. The molecule has 2 heterocycles. The second-order valence-electron chi connectivity index (χ2n) is 6.11. The van der Waals surface area contributed by atoms with Gasteiger partial charge in [0.05, 0.1) is 29.9 Å². The number of carbonyl (C=O) groups excluding carboxylic acids is 1. The van der Waals surface area contributed by atoms with Gasteiger partial charge in [-0.25, -0.2) is 0 Å². The molecule has 0 spiro atoms. The second-order valence-corrected chi connectivity index (χ2v) is 6.11. The molecule has 25 heavy (non-hydrogen) atoms. The van der Waals surface area contributed by atoms with Gasteiger partial charge < -0.3 is 10.3 Å². The molecule has 0 radical (unpaired) electrons. The molecule has 4 aromatic rings. The lowest BCUT2D eigenvalue weighted by Crippen LogP contribution is -2.28. The Morgan fingerprint density at radius 3 is 2.80 bits per heavy atom. The van der Waals surface area contributed by atoms with Crippen molar-refractivity contribution in [2.45, 2.75) is 19.4 Å². The quantitative estimate of drug-likeness (QED) is 0.601. The fourth-order valence-corrected chi connectivity index (χ4v) is 3.15. The Morgan fingerprint density at radius 1 is 1.12 bits per heavy atom. The van der Waals surface area contributed by atoms with Crippen molar-refractivity contribution in [1.29, 1.82) is 0 Å². The van der Waals surface area contributed by atoms with Gasteiger partial charge in [0.2, 0.25) is 5.91 Å². The van der Waals surface area contributed by atoms with Crippen LogP contribution in [0.4, 0.5) is 0 Å². The summed E-state index contributed by atoms with van der Waals surface area (Å²) in [4.78, 5) is 24.2. The van der Waals surface area contributed by atoms with Crippen LogP contribution in [-0.4, -0.2) is 20.9 Å². The lowest BCUT2D eigenvalue weighted by atomic mass is 10.1. The molecule has 2 aromatic carbocycles. The molecule has 0 bridgehead atoms. The Morgan fingerprint density at radius 2 is 1.96 bits per heavy atom. The van der Waals surface area contributed by atoms with Crippen molar-refractivity contribution in [2.75, 3.05) is 0 Å². The van der Waals surface area contributed by atoms with E-state index in [9.17, 15) is 4.79 Å². The fourth-order valence-electron chi connectivity index (χ4n) is 3.15. The molecule has 0 aliphatic carbocycles. The minimum absolute atomic E-state index is 0.0377. The van der Waals surface area contributed by atoms with Crippen LogP contribution in [0.2, 0.25) is 0 Å². The maximum absolute atomic E-state index is 12.5. The van der Waals surface area contributed by atoms with Crippen molar-refractivity contribution in [1.82, 2.24) is 20.3 Å². The van der Waals surface area contributed by atoms with Crippen LogP contribution in [0.25, 0.3) is 21.8 Å². The van der Waals surface area contributed by atoms with E-state index in [1.807, 2.05) is 31.2 Å². The zero-order valence-corrected chi connectivity index (χ0v) is 13.9. The molecule has 0 saturated carbocycles. The third-order valence-corrected chi connectivity index (χ3v) is 4.38. The summed E-state index contributed by atoms with van der Waals surface area (Å²) in [5, 5.41) is 5.30. The normalized spacial score (nSPS) is 12.4. The van der Waals surface area contributed by atoms with Gasteiger partial charge in [0, 0.05) is 28.7 Å². The number of amides is 1. The zero-order valence-electron chi connectivity index (χ0n) is 13.9. The maximum atomic E-state index is 12.5. The number of H-pyrrole nitrogens is 1. The van der Waals surface area contributed by atoms with Gasteiger partial charge in [0.25, 0.3) is 0 Å². The van der Waals surface area contributed by atoms with Crippen molar-refractivity contribution in [3.8, 4) is 0 Å². The lowest BCUT2D eigenvalue weighted by Gasteiger charge is -2.13. The number of nitrogens with one attached hydrogen (secondary N) is 2. The van der Waals surface area contributed by atoms with E-state index in [4.69, 9.17) is 0 Å². The number of benzene rings is 2. The van der Waals surface area contributed by atoms with E-state index >= 15 is 0 Å². The second kappa shape index (κ2) is 6.36. The molecule has 2 N–H and O–H groups in total. The first-order valence-corrected chi connectivity index (χ1v) is 8.26. The molecule has 4 rings (SSSR count). The van der Waals surface area contributed by atoms with Crippen molar-refractivity contribution in [3.05, 3.63) is 72.3 Å². The minimum Gasteiger partial charge on any atom is -0.354 e. The molecule has 5 nitrogen and oxygen atoms in total. The topological polar surface area (TPSA) is 70.7 Å². The van der Waals surface area contributed by atoms with Gasteiger partial charge in [0.1, 0.15) is 0 Å². The Bertz CT molecular complexity index is 1040. The van der Waals surface area contributed by atoms with Crippen molar-refractivity contribution in [3.63, 3.8) is 0 Å². The van der Waals surface area contributed by atoms with Gasteiger partial charge in [-0.1, -0.05) is 36.4 Å². The summed E-state index contributed by atoms with van der Waals surface area (Å²) in [6, 6.07) is 14.1. The summed E-state index contributed by atoms with van der Waals surface area (Å²) in [5.41, 5.74) is 3.83. The van der Waals surface area contributed by atoms with Crippen LogP contribution in [-0.2, 0) is 11.2 Å². The van der Waals surface area contributed by atoms with Crippen LogP contribution in [0.3, 0.4) is 0 Å². The molecule has 0 fully saturated rings. The summed E-state index contributed by atoms with van der Waals surface area (Å²) in [7, 11) is 0. The molecule has 5 heteroatoms. The van der Waals surface area contributed by atoms with E-state index in [2.05, 4.69) is 38.5 Å². The van der Waals surface area contributed by atoms with Crippen LogP contribution in [0.5, 0.6) is 0 Å². The van der Waals surface area contributed by atoms with Gasteiger partial charge in [-0.15, -0.1) is 0 Å². The van der Waals surface area contributed by atoms with Crippen LogP contribution < -0.4 is 5.32 Å². The average Bonchev–Trinajstić information content (AvgIpc) is 3.02. The molecular weight excluding hydrogens is 312 g/mol. The van der Waals surface area contributed by atoms with E-state index in [0.29, 0.717) is 6.42 Å². The number of rotatable bonds is 4. The molecule has 0 aliphatic rings. The fraction of sp³-hybridized carbons (Fsp3) is 0.150. The number of nitrogens with zero attached hydrogens (tertiary/aromatic N) is 2. The first kappa shape index (κ1) is 15.3. The predicted molar refractivity (Wildman–Crippen MR) is 98.1 cm³/mol. The van der Waals surface area contributed by atoms with Crippen LogP contribution >= 0.6 is 0 Å². The lowest BCUT2D eigenvalue weighted by molar-refractivity contribution is -0.121. The molecule has 2 aromatic heterocycles. The third kappa shape index (κ3) is 2.96. The summed E-state index contributed by atoms with van der Waals surface area (Å²) in [5.74, 6) is -0.0377. The number of aromatic amines is 1. The number of hydrogen-bond acceptors (Lipinski definition) is 3. The van der Waals surface area contributed by atoms with E-state index in [0.717, 1.165) is 27.7 Å². The summed E-state index contributed by atoms with van der Waals surface area (Å²) < 4.78 is 0. The maximum Gasteiger partial charge on any atom is 0.225 e. The monoisotopic (exact) mass is 330 g/mol. The van der Waals surface area contributed by atoms with Crippen LogP contribution in [0.1, 0.15) is 24.2 Å². The van der Waals surface area contributed by atoms with Gasteiger partial charge in [-0.3, -0.25) is 14.8 Å². The highest BCUT2D eigenvalue weighted by atomic mass is 16.1. The molecule has 1 unspecified atom stereocenters. The minimum atomic E-state index is -0.178. The first-order chi connectivity index (χ1) is 12.2. The van der Waals surface area contributed by atoms with Gasteiger partial charge in [-0.05, 0) is 18.6 Å². The summed E-state index contributed by atoms with van der Waals surface area (Å²) in [6.07, 6.45) is 5.23. The molecular formula is C20H18N4O. The third-order valence-electron chi connectivity index (χ3n) is 4.38. The smallest absolute Gasteiger partial charge is 0.225 e. The van der Waals surface area contributed by atoms with Crippen molar-refractivity contribution in [2.24, 2.45) is 0 Å². The molecule has 124 valence electrons.